The van der Waals surface area contributed by atoms with Crippen LogP contribution in [-0.4, -0.2) is 16.1 Å². The molecule has 1 heterocycles. The van der Waals surface area contributed by atoms with Crippen LogP contribution in [0.5, 0.6) is 0 Å². The molecule has 1 aromatic carbocycles. The molecule has 2 N–H and O–H groups in total. The van der Waals surface area contributed by atoms with Gasteiger partial charge in [0, 0.05) is 0 Å². The van der Waals surface area contributed by atoms with Crippen molar-refractivity contribution >= 4 is 11.6 Å². The number of benzene rings is 1. The number of halogens is 2. The van der Waals surface area contributed by atoms with Crippen molar-refractivity contribution < 1.29 is 13.6 Å². The summed E-state index contributed by atoms with van der Waals surface area (Å²) in [5.41, 5.74) is 3.66. The van der Waals surface area contributed by atoms with Gasteiger partial charge in [-0.1, -0.05) is 18.2 Å². The highest BCUT2D eigenvalue weighted by atomic mass is 19.3. The molecule has 1 amide bonds. The van der Waals surface area contributed by atoms with Crippen molar-refractivity contribution in [1.82, 2.24) is 10.2 Å². The molecule has 0 saturated carbocycles. The molecule has 122 valence electrons. The summed E-state index contributed by atoms with van der Waals surface area (Å²) in [7, 11) is 0. The minimum absolute atomic E-state index is 0.0861. The molecule has 1 aromatic heterocycles. The summed E-state index contributed by atoms with van der Waals surface area (Å²) in [6.45, 7) is 1.60. The lowest BCUT2D eigenvalue weighted by molar-refractivity contribution is -0.115. The second-order valence-electron chi connectivity index (χ2n) is 5.94. The molecule has 4 nitrogen and oxygen atoms in total. The zero-order valence-corrected chi connectivity index (χ0v) is 13.0. The second kappa shape index (κ2) is 6.48. The molecule has 0 unspecified atom stereocenters. The third-order valence-electron chi connectivity index (χ3n) is 4.22. The van der Waals surface area contributed by atoms with Gasteiger partial charge in [0.1, 0.15) is 0 Å². The number of fused-ring (bicyclic) bond motifs is 1. The number of carbonyl (C=O) groups is 1. The monoisotopic (exact) mass is 319 g/mol. The quantitative estimate of drug-likeness (QED) is 0.902. The molecule has 1 aliphatic rings. The van der Waals surface area contributed by atoms with Gasteiger partial charge in [0.05, 0.1) is 17.8 Å². The third kappa shape index (κ3) is 3.41. The number of hydrogen-bond acceptors (Lipinski definition) is 2. The summed E-state index contributed by atoms with van der Waals surface area (Å²) >= 11 is 0. The molecular weight excluding hydrogens is 300 g/mol. The number of hydrogen-bond donors (Lipinski definition) is 2. The zero-order valence-electron chi connectivity index (χ0n) is 13.0. The highest BCUT2D eigenvalue weighted by Crippen LogP contribution is 2.27. The lowest BCUT2D eigenvalue weighted by atomic mass is 9.90. The number of aromatic amines is 1. The molecule has 0 saturated heterocycles. The molecule has 0 bridgehead atoms. The molecule has 23 heavy (non-hydrogen) atoms. The molecule has 0 aliphatic heterocycles. The average Bonchev–Trinajstić information content (AvgIpc) is 2.88. The van der Waals surface area contributed by atoms with E-state index in [1.165, 1.54) is 24.0 Å². The molecule has 0 fully saturated rings. The number of aryl methyl sites for hydroxylation is 3. The molecule has 6 heteroatoms. The van der Waals surface area contributed by atoms with E-state index in [9.17, 15) is 13.6 Å². The van der Waals surface area contributed by atoms with Gasteiger partial charge >= 0.3 is 0 Å². The maximum Gasteiger partial charge on any atom is 0.284 e. The van der Waals surface area contributed by atoms with Crippen LogP contribution in [0.3, 0.4) is 0 Å². The number of H-pyrrole nitrogens is 1. The summed E-state index contributed by atoms with van der Waals surface area (Å²) in [4.78, 5) is 12.2. The first-order valence-corrected chi connectivity index (χ1v) is 7.78. The first-order chi connectivity index (χ1) is 11.0. The fourth-order valence-electron chi connectivity index (χ4n) is 3.03. The Balaban J connectivity index is 1.71. The number of amides is 1. The van der Waals surface area contributed by atoms with E-state index in [0.29, 0.717) is 5.69 Å². The van der Waals surface area contributed by atoms with Crippen molar-refractivity contribution in [2.75, 3.05) is 5.32 Å². The van der Waals surface area contributed by atoms with Crippen molar-refractivity contribution in [1.29, 1.82) is 0 Å². The van der Waals surface area contributed by atoms with E-state index in [1.807, 2.05) is 6.07 Å². The molecule has 3 rings (SSSR count). The fourth-order valence-corrected chi connectivity index (χ4v) is 3.03. The predicted molar refractivity (Wildman–Crippen MR) is 83.7 cm³/mol. The maximum atomic E-state index is 12.9. The number of alkyl halides is 2. The largest absolute Gasteiger partial charge is 0.323 e. The van der Waals surface area contributed by atoms with Crippen LogP contribution in [0.15, 0.2) is 18.2 Å². The van der Waals surface area contributed by atoms with Crippen molar-refractivity contribution in [2.24, 2.45) is 0 Å². The van der Waals surface area contributed by atoms with Crippen molar-refractivity contribution in [3.8, 4) is 0 Å². The first kappa shape index (κ1) is 15.6. The van der Waals surface area contributed by atoms with Crippen LogP contribution in [0, 0.1) is 6.92 Å². The van der Waals surface area contributed by atoms with E-state index in [2.05, 4.69) is 27.6 Å². The highest BCUT2D eigenvalue weighted by molar-refractivity contribution is 5.93. The van der Waals surface area contributed by atoms with Crippen molar-refractivity contribution in [3.05, 3.63) is 46.3 Å². The van der Waals surface area contributed by atoms with Gasteiger partial charge in [0.25, 0.3) is 6.43 Å². The van der Waals surface area contributed by atoms with Crippen LogP contribution in [0.1, 0.15) is 47.3 Å². The van der Waals surface area contributed by atoms with Crippen LogP contribution in [0.2, 0.25) is 0 Å². The Morgan fingerprint density at radius 2 is 2.04 bits per heavy atom. The predicted octanol–water partition coefficient (Wildman–Crippen LogP) is 3.72. The van der Waals surface area contributed by atoms with E-state index in [1.54, 1.807) is 6.92 Å². The summed E-state index contributed by atoms with van der Waals surface area (Å²) in [5.74, 6) is -0.313. The van der Waals surface area contributed by atoms with Gasteiger partial charge in [0.2, 0.25) is 5.91 Å². The van der Waals surface area contributed by atoms with E-state index < -0.39 is 12.1 Å². The van der Waals surface area contributed by atoms with Crippen LogP contribution >= 0.6 is 0 Å². The summed E-state index contributed by atoms with van der Waals surface area (Å²) in [6, 6.07) is 6.08. The Morgan fingerprint density at radius 3 is 2.78 bits per heavy atom. The second-order valence-corrected chi connectivity index (χ2v) is 5.94. The van der Waals surface area contributed by atoms with Gasteiger partial charge in [-0.2, -0.15) is 5.10 Å². The molecule has 0 radical (unpaired) electrons. The Bertz CT molecular complexity index is 725. The first-order valence-electron chi connectivity index (χ1n) is 7.78. The standard InChI is InChI=1S/C17H19F2N3O/c1-10-15(16(17(18)19)22-21-10)20-14(23)9-11-6-7-12-4-2-3-5-13(12)8-11/h6-8,17H,2-5,9H2,1H3,(H,20,23)(H,21,22). The van der Waals surface area contributed by atoms with Crippen molar-refractivity contribution in [3.63, 3.8) is 0 Å². The Hall–Kier alpha value is -2.24. The molecule has 2 aromatic rings. The number of anilines is 1. The summed E-state index contributed by atoms with van der Waals surface area (Å²) in [6.07, 6.45) is 1.96. The van der Waals surface area contributed by atoms with E-state index in [0.717, 1.165) is 18.4 Å². The van der Waals surface area contributed by atoms with Gasteiger partial charge in [-0.25, -0.2) is 8.78 Å². The molecule has 0 atom stereocenters. The van der Waals surface area contributed by atoms with Crippen LogP contribution in [0.4, 0.5) is 14.5 Å². The van der Waals surface area contributed by atoms with Gasteiger partial charge in [-0.15, -0.1) is 0 Å². The molecule has 1 aliphatic carbocycles. The minimum atomic E-state index is -2.72. The summed E-state index contributed by atoms with van der Waals surface area (Å²) in [5, 5.41) is 8.58. The Labute approximate surface area is 133 Å². The maximum absolute atomic E-state index is 12.9. The minimum Gasteiger partial charge on any atom is -0.323 e. The van der Waals surface area contributed by atoms with E-state index >= 15 is 0 Å². The van der Waals surface area contributed by atoms with E-state index in [-0.39, 0.29) is 18.0 Å². The number of aromatic nitrogens is 2. The number of carbonyl (C=O) groups excluding carboxylic acids is 1. The zero-order chi connectivity index (χ0) is 16.4. The smallest absolute Gasteiger partial charge is 0.284 e. The van der Waals surface area contributed by atoms with Crippen LogP contribution < -0.4 is 5.32 Å². The Kier molecular flexibility index (Phi) is 4.41. The molecular formula is C17H19F2N3O. The number of nitrogens with zero attached hydrogens (tertiary/aromatic N) is 1. The third-order valence-corrected chi connectivity index (χ3v) is 4.22. The van der Waals surface area contributed by atoms with Gasteiger partial charge in [-0.3, -0.25) is 9.89 Å². The van der Waals surface area contributed by atoms with Gasteiger partial charge in [-0.05, 0) is 49.3 Å². The lowest BCUT2D eigenvalue weighted by Crippen LogP contribution is -2.16. The summed E-state index contributed by atoms with van der Waals surface area (Å²) < 4.78 is 25.7. The SMILES string of the molecule is Cc1[nH]nc(C(F)F)c1NC(=O)Cc1ccc2c(c1)CCCC2. The molecule has 0 spiro atoms. The highest BCUT2D eigenvalue weighted by Gasteiger charge is 2.21. The topological polar surface area (TPSA) is 57.8 Å². The Morgan fingerprint density at radius 1 is 1.30 bits per heavy atom. The van der Waals surface area contributed by atoms with Gasteiger partial charge in [0.15, 0.2) is 5.69 Å². The van der Waals surface area contributed by atoms with Crippen LogP contribution in [-0.2, 0) is 24.1 Å². The normalized spacial score (nSPS) is 13.9. The van der Waals surface area contributed by atoms with Crippen LogP contribution in [0.25, 0.3) is 0 Å². The fraction of sp³-hybridized carbons (Fsp3) is 0.412. The van der Waals surface area contributed by atoms with E-state index in [4.69, 9.17) is 0 Å². The number of rotatable bonds is 4. The number of nitrogens with one attached hydrogen (secondary N) is 2. The van der Waals surface area contributed by atoms with Gasteiger partial charge < -0.3 is 5.32 Å². The van der Waals surface area contributed by atoms with Crippen molar-refractivity contribution in [2.45, 2.75) is 45.5 Å². The lowest BCUT2D eigenvalue weighted by Gasteiger charge is -2.16. The average molecular weight is 319 g/mol.